The van der Waals surface area contributed by atoms with Gasteiger partial charge >= 0.3 is 0 Å². The molecule has 41 heavy (non-hydrogen) atoms. The number of nitrogens with one attached hydrogen (secondary N) is 1. The van der Waals surface area contributed by atoms with Gasteiger partial charge in [0.15, 0.2) is 11.6 Å². The molecule has 0 bridgehead atoms. The summed E-state index contributed by atoms with van der Waals surface area (Å²) in [6.45, 7) is 9.31. The van der Waals surface area contributed by atoms with Gasteiger partial charge in [0.05, 0.1) is 32.5 Å². The standard InChI is InChI=1S/C28H50N8O5/c1-7-8-11-29-25-23-24(31-27(32-25)35(14-18-37-2)15-19-38-3)26(34-12-9-22(41-6)10-13-34)33-28(30-23)36(16-20-39-4)17-21-40-5/h22H,7-21H2,1-6H3,(H,29,31,32). The maximum absolute atomic E-state index is 5.65. The Bertz CT molecular complexity index is 1010. The molecule has 0 unspecified atom stereocenters. The number of hydrogen-bond donors (Lipinski definition) is 1. The van der Waals surface area contributed by atoms with Crippen molar-refractivity contribution < 1.29 is 23.7 Å². The second-order valence-electron chi connectivity index (χ2n) is 10.1. The molecule has 0 spiro atoms. The maximum atomic E-state index is 5.65. The number of ether oxygens (including phenoxy) is 5. The Balaban J connectivity index is 2.20. The first-order valence-electron chi connectivity index (χ1n) is 14.7. The van der Waals surface area contributed by atoms with E-state index < -0.39 is 0 Å². The zero-order valence-corrected chi connectivity index (χ0v) is 25.9. The van der Waals surface area contributed by atoms with E-state index >= 15 is 0 Å². The van der Waals surface area contributed by atoms with Gasteiger partial charge < -0.3 is 43.7 Å². The third-order valence-corrected chi connectivity index (χ3v) is 7.23. The summed E-state index contributed by atoms with van der Waals surface area (Å²) >= 11 is 0. The molecule has 1 N–H and O–H groups in total. The molecular formula is C28H50N8O5. The molecule has 0 aromatic carbocycles. The van der Waals surface area contributed by atoms with Crippen LogP contribution in [0.25, 0.3) is 11.0 Å². The predicted octanol–water partition coefficient (Wildman–Crippen LogP) is 2.45. The molecule has 1 aliphatic heterocycles. The summed E-state index contributed by atoms with van der Waals surface area (Å²) in [5.74, 6) is 2.72. The van der Waals surface area contributed by atoms with Crippen LogP contribution >= 0.6 is 0 Å². The van der Waals surface area contributed by atoms with Gasteiger partial charge in [0.2, 0.25) is 11.9 Å². The molecular weight excluding hydrogens is 528 g/mol. The molecule has 2 aromatic heterocycles. The summed E-state index contributed by atoms with van der Waals surface area (Å²) in [5, 5.41) is 3.56. The Morgan fingerprint density at radius 2 is 1.24 bits per heavy atom. The van der Waals surface area contributed by atoms with Crippen LogP contribution in [0.3, 0.4) is 0 Å². The first kappa shape index (κ1) is 32.9. The van der Waals surface area contributed by atoms with Crippen LogP contribution in [-0.4, -0.2) is 134 Å². The highest BCUT2D eigenvalue weighted by Gasteiger charge is 2.27. The molecule has 13 heteroatoms. The minimum absolute atomic E-state index is 0.244. The van der Waals surface area contributed by atoms with Crippen molar-refractivity contribution in [2.45, 2.75) is 38.7 Å². The highest BCUT2D eigenvalue weighted by Crippen LogP contribution is 2.32. The van der Waals surface area contributed by atoms with Crippen LogP contribution in [0.2, 0.25) is 0 Å². The SMILES string of the molecule is CCCCNc1nc(N(CCOC)CCOC)nc2c(N3CCC(OC)CC3)nc(N(CCOC)CCOC)nc12. The predicted molar refractivity (Wildman–Crippen MR) is 163 cm³/mol. The Morgan fingerprint density at radius 3 is 1.73 bits per heavy atom. The molecule has 0 atom stereocenters. The molecule has 0 radical (unpaired) electrons. The fraction of sp³-hybridized carbons (Fsp3) is 0.786. The van der Waals surface area contributed by atoms with Crippen molar-refractivity contribution >= 4 is 34.6 Å². The third kappa shape index (κ3) is 9.47. The molecule has 1 fully saturated rings. The van der Waals surface area contributed by atoms with Gasteiger partial charge in [-0.1, -0.05) is 13.3 Å². The van der Waals surface area contributed by atoms with Crippen molar-refractivity contribution in [1.29, 1.82) is 0 Å². The van der Waals surface area contributed by atoms with Crippen molar-refractivity contribution in [2.75, 3.05) is 128 Å². The Labute approximate surface area is 244 Å². The lowest BCUT2D eigenvalue weighted by Gasteiger charge is -2.33. The first-order valence-corrected chi connectivity index (χ1v) is 14.7. The average Bonchev–Trinajstić information content (AvgIpc) is 3.01. The normalized spacial score (nSPS) is 14.1. The molecule has 2 aromatic rings. The van der Waals surface area contributed by atoms with Gasteiger partial charge in [-0.05, 0) is 19.3 Å². The Kier molecular flexibility index (Phi) is 14.5. The Hall–Kier alpha value is -2.58. The molecule has 3 rings (SSSR count). The topological polar surface area (TPSA) is 119 Å². The van der Waals surface area contributed by atoms with Gasteiger partial charge in [-0.25, -0.2) is 9.97 Å². The van der Waals surface area contributed by atoms with E-state index in [0.717, 1.165) is 56.7 Å². The van der Waals surface area contributed by atoms with Crippen LogP contribution in [0.15, 0.2) is 0 Å². The second kappa shape index (κ2) is 18.1. The number of nitrogens with zero attached hydrogens (tertiary/aromatic N) is 7. The summed E-state index contributed by atoms with van der Waals surface area (Å²) in [5.41, 5.74) is 1.43. The number of unbranched alkanes of at least 4 members (excludes halogenated alkanes) is 1. The van der Waals surface area contributed by atoms with Gasteiger partial charge in [0.1, 0.15) is 11.0 Å². The lowest BCUT2D eigenvalue weighted by atomic mass is 10.1. The summed E-state index contributed by atoms with van der Waals surface area (Å²) in [6.07, 6.45) is 4.16. The number of methoxy groups -OCH3 is 5. The lowest BCUT2D eigenvalue weighted by molar-refractivity contribution is 0.0818. The van der Waals surface area contributed by atoms with E-state index in [9.17, 15) is 0 Å². The van der Waals surface area contributed by atoms with E-state index in [-0.39, 0.29) is 6.10 Å². The van der Waals surface area contributed by atoms with Crippen molar-refractivity contribution in [1.82, 2.24) is 19.9 Å². The molecule has 0 saturated carbocycles. The maximum Gasteiger partial charge on any atom is 0.228 e. The molecule has 0 amide bonds. The number of fused-ring (bicyclic) bond motifs is 1. The summed E-state index contributed by atoms with van der Waals surface area (Å²) in [4.78, 5) is 26.8. The van der Waals surface area contributed by atoms with Gasteiger partial charge in [-0.3, -0.25) is 0 Å². The summed E-state index contributed by atoms with van der Waals surface area (Å²) in [7, 11) is 8.58. The zero-order chi connectivity index (χ0) is 29.5. The third-order valence-electron chi connectivity index (χ3n) is 7.23. The van der Waals surface area contributed by atoms with Crippen LogP contribution in [0.5, 0.6) is 0 Å². The second-order valence-corrected chi connectivity index (χ2v) is 10.1. The highest BCUT2D eigenvalue weighted by molar-refractivity contribution is 5.95. The van der Waals surface area contributed by atoms with Crippen LogP contribution in [0.1, 0.15) is 32.6 Å². The molecule has 1 saturated heterocycles. The van der Waals surface area contributed by atoms with E-state index in [1.54, 1.807) is 35.5 Å². The summed E-state index contributed by atoms with van der Waals surface area (Å²) in [6, 6.07) is 0. The number of rotatable bonds is 20. The van der Waals surface area contributed by atoms with Gasteiger partial charge in [-0.15, -0.1) is 0 Å². The average molecular weight is 579 g/mol. The zero-order valence-electron chi connectivity index (χ0n) is 25.9. The smallest absolute Gasteiger partial charge is 0.228 e. The molecule has 1 aliphatic rings. The van der Waals surface area contributed by atoms with E-state index in [0.29, 0.717) is 75.8 Å². The lowest BCUT2D eigenvalue weighted by Crippen LogP contribution is -2.38. The molecule has 3 heterocycles. The highest BCUT2D eigenvalue weighted by atomic mass is 16.5. The molecule has 232 valence electrons. The molecule has 0 aliphatic carbocycles. The number of aromatic nitrogens is 4. The van der Waals surface area contributed by atoms with Crippen molar-refractivity contribution in [2.24, 2.45) is 0 Å². The molecule has 13 nitrogen and oxygen atoms in total. The quantitative estimate of drug-likeness (QED) is 0.232. The van der Waals surface area contributed by atoms with Crippen molar-refractivity contribution in [3.63, 3.8) is 0 Å². The summed E-state index contributed by atoms with van der Waals surface area (Å²) < 4.78 is 27.2. The van der Waals surface area contributed by atoms with Crippen molar-refractivity contribution in [3.05, 3.63) is 0 Å². The Morgan fingerprint density at radius 1 is 0.732 bits per heavy atom. The van der Waals surface area contributed by atoms with Crippen molar-refractivity contribution in [3.8, 4) is 0 Å². The van der Waals surface area contributed by atoms with E-state index in [2.05, 4.69) is 26.9 Å². The largest absolute Gasteiger partial charge is 0.383 e. The van der Waals surface area contributed by atoms with Crippen LogP contribution in [-0.2, 0) is 23.7 Å². The van der Waals surface area contributed by atoms with E-state index in [4.69, 9.17) is 43.6 Å². The number of anilines is 4. The number of piperidine rings is 1. The minimum atomic E-state index is 0.244. The fourth-order valence-corrected chi connectivity index (χ4v) is 4.72. The van der Waals surface area contributed by atoms with E-state index in [1.165, 1.54) is 0 Å². The van der Waals surface area contributed by atoms with Crippen LogP contribution in [0, 0.1) is 0 Å². The van der Waals surface area contributed by atoms with Crippen LogP contribution in [0.4, 0.5) is 23.5 Å². The fourth-order valence-electron chi connectivity index (χ4n) is 4.72. The van der Waals surface area contributed by atoms with Gasteiger partial charge in [0.25, 0.3) is 0 Å². The first-order chi connectivity index (χ1) is 20.1. The van der Waals surface area contributed by atoms with Gasteiger partial charge in [-0.2, -0.15) is 9.97 Å². The minimum Gasteiger partial charge on any atom is -0.383 e. The van der Waals surface area contributed by atoms with Gasteiger partial charge in [0, 0.05) is 81.4 Å². The number of hydrogen-bond acceptors (Lipinski definition) is 13. The van der Waals surface area contributed by atoms with E-state index in [1.807, 2.05) is 0 Å². The van der Waals surface area contributed by atoms with Crippen LogP contribution < -0.4 is 20.0 Å². The monoisotopic (exact) mass is 578 g/mol.